The van der Waals surface area contributed by atoms with Crippen LogP contribution in [0.4, 0.5) is 11.4 Å². The molecule has 0 aromatic heterocycles. The van der Waals surface area contributed by atoms with Crippen LogP contribution in [0.2, 0.25) is 0 Å². The summed E-state index contributed by atoms with van der Waals surface area (Å²) < 4.78 is 5.63. The van der Waals surface area contributed by atoms with E-state index in [1.54, 1.807) is 16.8 Å². The van der Waals surface area contributed by atoms with Crippen molar-refractivity contribution < 1.29 is 14.3 Å². The van der Waals surface area contributed by atoms with Crippen molar-refractivity contribution in [1.82, 2.24) is 0 Å². The summed E-state index contributed by atoms with van der Waals surface area (Å²) in [4.78, 5) is 28.5. The molecule has 0 spiro atoms. The summed E-state index contributed by atoms with van der Waals surface area (Å²) in [6, 6.07) is 16.9. The van der Waals surface area contributed by atoms with Crippen molar-refractivity contribution in [3.8, 4) is 5.75 Å². The van der Waals surface area contributed by atoms with E-state index in [0.29, 0.717) is 6.54 Å². The zero-order chi connectivity index (χ0) is 18.7. The standard InChI is InChI=1S/C21H24N2O3/c1-15(2)26-19-11-9-18(10-12-19)23-14-16(13-20(23)24)21(25)22(3)17-7-5-4-6-8-17/h4-12,15-16H,13-14H2,1-3H3. The summed E-state index contributed by atoms with van der Waals surface area (Å²) in [7, 11) is 1.75. The van der Waals surface area contributed by atoms with Gasteiger partial charge in [0.25, 0.3) is 0 Å². The van der Waals surface area contributed by atoms with Gasteiger partial charge in [-0.3, -0.25) is 9.59 Å². The molecule has 1 saturated heterocycles. The molecule has 1 aliphatic rings. The molecule has 1 fully saturated rings. The van der Waals surface area contributed by atoms with Crippen LogP contribution >= 0.6 is 0 Å². The molecule has 1 atom stereocenters. The zero-order valence-electron chi connectivity index (χ0n) is 15.4. The highest BCUT2D eigenvalue weighted by Crippen LogP contribution is 2.29. The molecule has 0 aliphatic carbocycles. The quantitative estimate of drug-likeness (QED) is 0.828. The molecule has 136 valence electrons. The first-order valence-electron chi connectivity index (χ1n) is 8.85. The van der Waals surface area contributed by atoms with Crippen LogP contribution in [0.15, 0.2) is 54.6 Å². The van der Waals surface area contributed by atoms with Gasteiger partial charge >= 0.3 is 0 Å². The molecule has 5 nitrogen and oxygen atoms in total. The predicted molar refractivity (Wildman–Crippen MR) is 103 cm³/mol. The Morgan fingerprint density at radius 2 is 1.77 bits per heavy atom. The minimum atomic E-state index is -0.334. The van der Waals surface area contributed by atoms with E-state index in [2.05, 4.69) is 0 Å². The number of amides is 2. The SMILES string of the molecule is CC(C)Oc1ccc(N2CC(C(=O)N(C)c3ccccc3)CC2=O)cc1. The minimum absolute atomic E-state index is 0.0256. The van der Waals surface area contributed by atoms with Gasteiger partial charge in [0.2, 0.25) is 11.8 Å². The average molecular weight is 352 g/mol. The number of anilines is 2. The molecule has 1 unspecified atom stereocenters. The summed E-state index contributed by atoms with van der Waals surface area (Å²) >= 11 is 0. The van der Waals surface area contributed by atoms with Crippen LogP contribution in [-0.4, -0.2) is 31.5 Å². The van der Waals surface area contributed by atoms with E-state index in [0.717, 1.165) is 17.1 Å². The number of rotatable bonds is 5. The molecule has 2 aromatic carbocycles. The Balaban J connectivity index is 1.69. The first-order valence-corrected chi connectivity index (χ1v) is 8.85. The molecule has 26 heavy (non-hydrogen) atoms. The third-order valence-electron chi connectivity index (χ3n) is 4.47. The van der Waals surface area contributed by atoms with Crippen LogP contribution in [0.5, 0.6) is 5.75 Å². The van der Waals surface area contributed by atoms with Crippen LogP contribution in [0.3, 0.4) is 0 Å². The second-order valence-corrected chi connectivity index (χ2v) is 6.80. The summed E-state index contributed by atoms with van der Waals surface area (Å²) in [5, 5.41) is 0. The molecule has 5 heteroatoms. The topological polar surface area (TPSA) is 49.9 Å². The highest BCUT2D eigenvalue weighted by Gasteiger charge is 2.36. The fourth-order valence-electron chi connectivity index (χ4n) is 3.15. The molecule has 0 radical (unpaired) electrons. The monoisotopic (exact) mass is 352 g/mol. The Bertz CT molecular complexity index is 772. The fraction of sp³-hybridized carbons (Fsp3) is 0.333. The van der Waals surface area contributed by atoms with Crippen molar-refractivity contribution >= 4 is 23.2 Å². The second-order valence-electron chi connectivity index (χ2n) is 6.80. The number of carbonyl (C=O) groups is 2. The van der Waals surface area contributed by atoms with Gasteiger partial charge < -0.3 is 14.5 Å². The third kappa shape index (κ3) is 3.87. The lowest BCUT2D eigenvalue weighted by Crippen LogP contribution is -2.34. The summed E-state index contributed by atoms with van der Waals surface area (Å²) in [6.07, 6.45) is 0.338. The van der Waals surface area contributed by atoms with E-state index in [1.807, 2.05) is 68.4 Å². The lowest BCUT2D eigenvalue weighted by molar-refractivity contribution is -0.124. The maximum absolute atomic E-state index is 12.8. The Labute approximate surface area is 154 Å². The van der Waals surface area contributed by atoms with E-state index in [4.69, 9.17) is 4.74 Å². The van der Waals surface area contributed by atoms with E-state index < -0.39 is 0 Å². The maximum atomic E-state index is 12.8. The van der Waals surface area contributed by atoms with Crippen molar-refractivity contribution in [3.63, 3.8) is 0 Å². The van der Waals surface area contributed by atoms with Gasteiger partial charge in [0.05, 0.1) is 12.0 Å². The highest BCUT2D eigenvalue weighted by atomic mass is 16.5. The molecule has 2 aromatic rings. The molecule has 2 amide bonds. The molecule has 0 saturated carbocycles. The first kappa shape index (κ1) is 18.0. The third-order valence-corrected chi connectivity index (χ3v) is 4.47. The van der Waals surface area contributed by atoms with Gasteiger partial charge in [-0.15, -0.1) is 0 Å². The second kappa shape index (κ2) is 7.60. The Hall–Kier alpha value is -2.82. The molecule has 0 bridgehead atoms. The summed E-state index contributed by atoms with van der Waals surface area (Å²) in [5.41, 5.74) is 1.63. The van der Waals surface area contributed by atoms with E-state index >= 15 is 0 Å². The van der Waals surface area contributed by atoms with Gasteiger partial charge in [0.1, 0.15) is 5.75 Å². The van der Waals surface area contributed by atoms with Gasteiger partial charge in [-0.25, -0.2) is 0 Å². The van der Waals surface area contributed by atoms with Crippen LogP contribution in [0, 0.1) is 5.92 Å². The predicted octanol–water partition coefficient (Wildman–Crippen LogP) is 3.49. The molecular weight excluding hydrogens is 328 g/mol. The highest BCUT2D eigenvalue weighted by molar-refractivity contribution is 6.04. The lowest BCUT2D eigenvalue weighted by atomic mass is 10.1. The van der Waals surface area contributed by atoms with Crippen LogP contribution in [0.25, 0.3) is 0 Å². The number of carbonyl (C=O) groups excluding carboxylic acids is 2. The van der Waals surface area contributed by atoms with Crippen molar-refractivity contribution in [2.45, 2.75) is 26.4 Å². The maximum Gasteiger partial charge on any atom is 0.232 e. The number of ether oxygens (including phenoxy) is 1. The molecular formula is C21H24N2O3. The first-order chi connectivity index (χ1) is 12.5. The van der Waals surface area contributed by atoms with Crippen LogP contribution < -0.4 is 14.5 Å². The lowest BCUT2D eigenvalue weighted by Gasteiger charge is -2.21. The zero-order valence-corrected chi connectivity index (χ0v) is 15.4. The van der Waals surface area contributed by atoms with Crippen molar-refractivity contribution in [2.75, 3.05) is 23.4 Å². The number of benzene rings is 2. The number of nitrogens with zero attached hydrogens (tertiary/aromatic N) is 2. The van der Waals surface area contributed by atoms with Gasteiger partial charge in [0.15, 0.2) is 0 Å². The van der Waals surface area contributed by atoms with Gasteiger partial charge in [-0.1, -0.05) is 18.2 Å². The van der Waals surface area contributed by atoms with Crippen LogP contribution in [0.1, 0.15) is 20.3 Å². The van der Waals surface area contributed by atoms with Crippen LogP contribution in [-0.2, 0) is 9.59 Å². The smallest absolute Gasteiger partial charge is 0.232 e. The normalized spacial score (nSPS) is 16.8. The number of para-hydroxylation sites is 1. The van der Waals surface area contributed by atoms with Crippen molar-refractivity contribution in [1.29, 1.82) is 0 Å². The van der Waals surface area contributed by atoms with Gasteiger partial charge in [-0.2, -0.15) is 0 Å². The molecule has 1 heterocycles. The Morgan fingerprint density at radius 1 is 1.12 bits per heavy atom. The molecule has 3 rings (SSSR count). The summed E-state index contributed by atoms with van der Waals surface area (Å²) in [5.74, 6) is 0.375. The van der Waals surface area contributed by atoms with Crippen molar-refractivity contribution in [3.05, 3.63) is 54.6 Å². The number of hydrogen-bond donors (Lipinski definition) is 0. The summed E-state index contributed by atoms with van der Waals surface area (Å²) in [6.45, 7) is 4.34. The molecule has 1 aliphatic heterocycles. The fourth-order valence-corrected chi connectivity index (χ4v) is 3.15. The van der Waals surface area contributed by atoms with E-state index in [1.165, 1.54) is 0 Å². The van der Waals surface area contributed by atoms with Gasteiger partial charge in [0, 0.05) is 31.4 Å². The largest absolute Gasteiger partial charge is 0.491 e. The van der Waals surface area contributed by atoms with Gasteiger partial charge in [-0.05, 0) is 50.2 Å². The van der Waals surface area contributed by atoms with E-state index in [9.17, 15) is 9.59 Å². The van der Waals surface area contributed by atoms with E-state index in [-0.39, 0.29) is 30.3 Å². The average Bonchev–Trinajstić information content (AvgIpc) is 3.03. The Morgan fingerprint density at radius 3 is 2.38 bits per heavy atom. The number of hydrogen-bond acceptors (Lipinski definition) is 3. The van der Waals surface area contributed by atoms with Crippen molar-refractivity contribution in [2.24, 2.45) is 5.92 Å². The minimum Gasteiger partial charge on any atom is -0.491 e. The Kier molecular flexibility index (Phi) is 5.26. The molecule has 0 N–H and O–H groups in total.